The molecule has 0 radical (unpaired) electrons. The fourth-order valence-electron chi connectivity index (χ4n) is 2.52. The number of carbonyl (C=O) groups is 2. The summed E-state index contributed by atoms with van der Waals surface area (Å²) in [6.07, 6.45) is 3.78. The summed E-state index contributed by atoms with van der Waals surface area (Å²) in [5.74, 6) is -0.280. The Balaban J connectivity index is 1.65. The number of thiazole rings is 1. The van der Waals surface area contributed by atoms with Gasteiger partial charge in [0.15, 0.2) is 0 Å². The van der Waals surface area contributed by atoms with Crippen LogP contribution in [0, 0.1) is 6.92 Å². The van der Waals surface area contributed by atoms with Crippen molar-refractivity contribution in [3.05, 3.63) is 35.0 Å². The van der Waals surface area contributed by atoms with E-state index in [9.17, 15) is 9.59 Å². The van der Waals surface area contributed by atoms with Crippen molar-refractivity contribution in [1.82, 2.24) is 20.2 Å². The van der Waals surface area contributed by atoms with Gasteiger partial charge < -0.3 is 10.2 Å². The lowest BCUT2D eigenvalue weighted by molar-refractivity contribution is -0.129. The van der Waals surface area contributed by atoms with E-state index in [1.54, 1.807) is 18.0 Å². The molecule has 0 aromatic carbocycles. The minimum atomic E-state index is -0.255. The summed E-state index contributed by atoms with van der Waals surface area (Å²) in [7, 11) is 0. The molecule has 3 rings (SSSR count). The molecule has 0 aliphatic carbocycles. The van der Waals surface area contributed by atoms with Gasteiger partial charge in [-0.2, -0.15) is 0 Å². The van der Waals surface area contributed by atoms with Gasteiger partial charge in [0.1, 0.15) is 9.88 Å². The molecule has 7 heteroatoms. The van der Waals surface area contributed by atoms with Crippen molar-refractivity contribution in [3.8, 4) is 10.7 Å². The fourth-order valence-corrected chi connectivity index (χ4v) is 3.48. The molecule has 0 saturated carbocycles. The predicted molar refractivity (Wildman–Crippen MR) is 88.2 cm³/mol. The van der Waals surface area contributed by atoms with Crippen molar-refractivity contribution < 1.29 is 9.59 Å². The van der Waals surface area contributed by atoms with Crippen LogP contribution in [-0.4, -0.2) is 46.3 Å². The first-order valence-electron chi connectivity index (χ1n) is 7.60. The molecule has 120 valence electrons. The molecule has 1 N–H and O–H groups in total. The Hall–Kier alpha value is -2.28. The Kier molecular flexibility index (Phi) is 4.66. The maximum absolute atomic E-state index is 12.3. The summed E-state index contributed by atoms with van der Waals surface area (Å²) in [6.45, 7) is 3.41. The monoisotopic (exact) mass is 330 g/mol. The molecule has 2 amide bonds. The quantitative estimate of drug-likeness (QED) is 0.928. The van der Waals surface area contributed by atoms with E-state index in [0.29, 0.717) is 15.6 Å². The number of hydrogen-bond donors (Lipinski definition) is 1. The highest BCUT2D eigenvalue weighted by atomic mass is 32.1. The predicted octanol–water partition coefficient (Wildman–Crippen LogP) is 1.87. The van der Waals surface area contributed by atoms with Crippen LogP contribution in [0.15, 0.2) is 24.4 Å². The lowest BCUT2D eigenvalue weighted by Gasteiger charge is -2.15. The van der Waals surface area contributed by atoms with Crippen LogP contribution in [-0.2, 0) is 4.79 Å². The first-order chi connectivity index (χ1) is 11.1. The Labute approximate surface area is 138 Å². The molecular weight excluding hydrogens is 312 g/mol. The topological polar surface area (TPSA) is 75.2 Å². The number of amides is 2. The second-order valence-electron chi connectivity index (χ2n) is 5.42. The van der Waals surface area contributed by atoms with Crippen molar-refractivity contribution in [2.24, 2.45) is 0 Å². The molecule has 0 unspecified atom stereocenters. The molecular formula is C16H18N4O2S. The van der Waals surface area contributed by atoms with Crippen LogP contribution in [0.5, 0.6) is 0 Å². The average Bonchev–Trinajstić information content (AvgIpc) is 3.23. The number of nitrogens with zero attached hydrogens (tertiary/aromatic N) is 3. The van der Waals surface area contributed by atoms with Gasteiger partial charge in [-0.25, -0.2) is 4.98 Å². The summed E-state index contributed by atoms with van der Waals surface area (Å²) < 4.78 is 0. The Morgan fingerprint density at radius 2 is 2.09 bits per heavy atom. The Morgan fingerprint density at radius 1 is 1.30 bits per heavy atom. The number of hydrogen-bond acceptors (Lipinski definition) is 5. The normalized spacial score (nSPS) is 14.0. The number of nitrogens with one attached hydrogen (secondary N) is 1. The van der Waals surface area contributed by atoms with E-state index in [-0.39, 0.29) is 18.4 Å². The highest BCUT2D eigenvalue weighted by Crippen LogP contribution is 2.26. The van der Waals surface area contributed by atoms with Crippen LogP contribution in [0.1, 0.15) is 28.2 Å². The van der Waals surface area contributed by atoms with Gasteiger partial charge in [0, 0.05) is 19.3 Å². The molecule has 1 aliphatic rings. The van der Waals surface area contributed by atoms with E-state index in [1.807, 2.05) is 18.2 Å². The maximum Gasteiger partial charge on any atom is 0.263 e. The van der Waals surface area contributed by atoms with Crippen LogP contribution in [0.2, 0.25) is 0 Å². The summed E-state index contributed by atoms with van der Waals surface area (Å²) in [5.41, 5.74) is 1.40. The standard InChI is InChI=1S/C16H18N4O2S/c1-11-14(23-16(19-11)12-6-2-3-7-17-12)15(22)18-10-13(21)20-8-4-5-9-20/h2-3,6-7H,4-5,8-10H2,1H3,(H,18,22). The van der Waals surface area contributed by atoms with Crippen LogP contribution in [0.25, 0.3) is 10.7 Å². The first-order valence-corrected chi connectivity index (χ1v) is 8.41. The van der Waals surface area contributed by atoms with Crippen molar-refractivity contribution >= 4 is 23.2 Å². The number of rotatable bonds is 4. The third kappa shape index (κ3) is 3.56. The van der Waals surface area contributed by atoms with Crippen molar-refractivity contribution in [1.29, 1.82) is 0 Å². The molecule has 1 fully saturated rings. The lowest BCUT2D eigenvalue weighted by atomic mass is 10.3. The largest absolute Gasteiger partial charge is 0.342 e. The molecule has 23 heavy (non-hydrogen) atoms. The van der Waals surface area contributed by atoms with Crippen LogP contribution < -0.4 is 5.32 Å². The third-order valence-corrected chi connectivity index (χ3v) is 4.92. The number of aryl methyl sites for hydroxylation is 1. The first kappa shape index (κ1) is 15.6. The number of aromatic nitrogens is 2. The van der Waals surface area contributed by atoms with Gasteiger partial charge in [-0.05, 0) is 31.9 Å². The zero-order valence-corrected chi connectivity index (χ0v) is 13.7. The van der Waals surface area contributed by atoms with Gasteiger partial charge in [0.25, 0.3) is 5.91 Å². The molecule has 2 aromatic rings. The van der Waals surface area contributed by atoms with Crippen LogP contribution >= 0.6 is 11.3 Å². The molecule has 1 saturated heterocycles. The van der Waals surface area contributed by atoms with E-state index >= 15 is 0 Å². The van der Waals surface area contributed by atoms with E-state index < -0.39 is 0 Å². The van der Waals surface area contributed by atoms with Crippen LogP contribution in [0.4, 0.5) is 0 Å². The SMILES string of the molecule is Cc1nc(-c2ccccn2)sc1C(=O)NCC(=O)N1CCCC1. The Bertz CT molecular complexity index is 708. The number of carbonyl (C=O) groups excluding carboxylic acids is 2. The van der Waals surface area contributed by atoms with Gasteiger partial charge in [0.2, 0.25) is 5.91 Å². The van der Waals surface area contributed by atoms with E-state index in [1.165, 1.54) is 11.3 Å². The van der Waals surface area contributed by atoms with Crippen molar-refractivity contribution in [3.63, 3.8) is 0 Å². The summed E-state index contributed by atoms with van der Waals surface area (Å²) >= 11 is 1.29. The van der Waals surface area contributed by atoms with E-state index in [4.69, 9.17) is 0 Å². The van der Waals surface area contributed by atoms with E-state index in [0.717, 1.165) is 31.6 Å². The van der Waals surface area contributed by atoms with Gasteiger partial charge in [0.05, 0.1) is 17.9 Å². The molecule has 0 atom stereocenters. The highest BCUT2D eigenvalue weighted by Gasteiger charge is 2.20. The molecule has 0 bridgehead atoms. The van der Waals surface area contributed by atoms with Crippen molar-refractivity contribution in [2.75, 3.05) is 19.6 Å². The van der Waals surface area contributed by atoms with Crippen LogP contribution in [0.3, 0.4) is 0 Å². The summed E-state index contributed by atoms with van der Waals surface area (Å²) in [6, 6.07) is 5.58. The molecule has 2 aromatic heterocycles. The van der Waals surface area contributed by atoms with Crippen molar-refractivity contribution in [2.45, 2.75) is 19.8 Å². The second kappa shape index (κ2) is 6.87. The number of likely N-dealkylation sites (tertiary alicyclic amines) is 1. The molecule has 6 nitrogen and oxygen atoms in total. The highest BCUT2D eigenvalue weighted by molar-refractivity contribution is 7.17. The summed E-state index contributed by atoms with van der Waals surface area (Å²) in [5, 5.41) is 3.41. The van der Waals surface area contributed by atoms with Gasteiger partial charge in [-0.3, -0.25) is 14.6 Å². The number of pyridine rings is 1. The second-order valence-corrected chi connectivity index (χ2v) is 6.42. The van der Waals surface area contributed by atoms with Gasteiger partial charge in [-0.1, -0.05) is 6.07 Å². The lowest BCUT2D eigenvalue weighted by Crippen LogP contribution is -2.38. The Morgan fingerprint density at radius 3 is 2.78 bits per heavy atom. The maximum atomic E-state index is 12.3. The zero-order valence-electron chi connectivity index (χ0n) is 12.9. The fraction of sp³-hybridized carbons (Fsp3) is 0.375. The minimum Gasteiger partial charge on any atom is -0.342 e. The smallest absolute Gasteiger partial charge is 0.263 e. The van der Waals surface area contributed by atoms with E-state index in [2.05, 4.69) is 15.3 Å². The average molecular weight is 330 g/mol. The molecule has 3 heterocycles. The zero-order chi connectivity index (χ0) is 16.2. The molecule has 1 aliphatic heterocycles. The minimum absolute atomic E-state index is 0.0250. The molecule has 0 spiro atoms. The summed E-state index contributed by atoms with van der Waals surface area (Å²) in [4.78, 5) is 35.2. The van der Waals surface area contributed by atoms with Gasteiger partial charge >= 0.3 is 0 Å². The third-order valence-electron chi connectivity index (χ3n) is 3.75. The van der Waals surface area contributed by atoms with Gasteiger partial charge in [-0.15, -0.1) is 11.3 Å².